The molecule has 1 heterocycles. The normalized spacial score (nSPS) is 9.89. The number of anilines is 1. The van der Waals surface area contributed by atoms with E-state index in [2.05, 4.69) is 5.32 Å². The fourth-order valence-electron chi connectivity index (χ4n) is 1.43. The molecule has 2 rings (SSSR count). The lowest BCUT2D eigenvalue weighted by Crippen LogP contribution is -2.14. The predicted octanol–water partition coefficient (Wildman–Crippen LogP) is 2.00. The number of hydrogen-bond acceptors (Lipinski definition) is 4. The molecular formula is C13H11NO5. The molecule has 1 amide bonds. The number of carbonyl (C=O) groups is 2. The van der Waals surface area contributed by atoms with Crippen molar-refractivity contribution < 1.29 is 23.8 Å². The van der Waals surface area contributed by atoms with Gasteiger partial charge < -0.3 is 19.6 Å². The van der Waals surface area contributed by atoms with Crippen LogP contribution >= 0.6 is 0 Å². The lowest BCUT2D eigenvalue weighted by atomic mass is 10.3. The maximum Gasteiger partial charge on any atom is 0.341 e. The quantitative estimate of drug-likeness (QED) is 0.859. The Morgan fingerprint density at radius 1 is 1.21 bits per heavy atom. The van der Waals surface area contributed by atoms with Crippen LogP contribution in [0.1, 0.15) is 10.6 Å². The van der Waals surface area contributed by atoms with Crippen LogP contribution in [0.4, 0.5) is 5.69 Å². The summed E-state index contributed by atoms with van der Waals surface area (Å²) in [5, 5.41) is 11.2. The minimum atomic E-state index is -1.09. The fraction of sp³-hybridized carbons (Fsp3) is 0.0769. The first-order valence-electron chi connectivity index (χ1n) is 5.45. The maximum absolute atomic E-state index is 11.8. The Balaban J connectivity index is 2.11. The smallest absolute Gasteiger partial charge is 0.341 e. The molecule has 0 unspecified atom stereocenters. The van der Waals surface area contributed by atoms with Crippen LogP contribution in [-0.2, 0) is 4.79 Å². The molecular weight excluding hydrogens is 250 g/mol. The molecule has 6 heteroatoms. The van der Waals surface area contributed by atoms with Crippen LogP contribution in [0.15, 0.2) is 47.1 Å². The second-order valence-corrected chi connectivity index (χ2v) is 3.61. The average Bonchev–Trinajstić information content (AvgIpc) is 2.91. The highest BCUT2D eigenvalue weighted by Gasteiger charge is 2.12. The van der Waals surface area contributed by atoms with Gasteiger partial charge in [-0.3, -0.25) is 4.79 Å². The third kappa shape index (κ3) is 3.35. The van der Waals surface area contributed by atoms with Crippen molar-refractivity contribution in [1.82, 2.24) is 0 Å². The van der Waals surface area contributed by atoms with Crippen LogP contribution in [0, 0.1) is 0 Å². The monoisotopic (exact) mass is 261 g/mol. The molecule has 0 saturated carbocycles. The summed E-state index contributed by atoms with van der Waals surface area (Å²) in [7, 11) is 0. The first-order valence-corrected chi connectivity index (χ1v) is 5.45. The van der Waals surface area contributed by atoms with Crippen molar-refractivity contribution >= 4 is 17.6 Å². The lowest BCUT2D eigenvalue weighted by molar-refractivity contribution is -0.139. The summed E-state index contributed by atoms with van der Waals surface area (Å²) in [6.45, 7) is -0.479. The molecule has 19 heavy (non-hydrogen) atoms. The number of furan rings is 1. The van der Waals surface area contributed by atoms with Gasteiger partial charge >= 0.3 is 5.97 Å². The van der Waals surface area contributed by atoms with Crippen LogP contribution < -0.4 is 10.1 Å². The Hall–Kier alpha value is -2.76. The third-order valence-electron chi connectivity index (χ3n) is 2.23. The summed E-state index contributed by atoms with van der Waals surface area (Å²) < 4.78 is 10.0. The van der Waals surface area contributed by atoms with Gasteiger partial charge in [-0.1, -0.05) is 12.1 Å². The Morgan fingerprint density at radius 2 is 2.00 bits per heavy atom. The Labute approximate surface area is 108 Å². The van der Waals surface area contributed by atoms with E-state index in [1.54, 1.807) is 30.3 Å². The molecule has 0 fully saturated rings. The molecule has 0 radical (unpaired) electrons. The summed E-state index contributed by atoms with van der Waals surface area (Å²) in [4.78, 5) is 22.3. The zero-order valence-corrected chi connectivity index (χ0v) is 9.83. The molecule has 2 N–H and O–H groups in total. The molecule has 1 aromatic carbocycles. The van der Waals surface area contributed by atoms with Crippen molar-refractivity contribution in [2.45, 2.75) is 0 Å². The van der Waals surface area contributed by atoms with Crippen LogP contribution in [0.5, 0.6) is 5.75 Å². The zero-order chi connectivity index (χ0) is 13.7. The standard InChI is InChI=1S/C13H11NO5/c15-12(16)8-19-10-5-2-1-4-9(10)14-13(17)11-6-3-7-18-11/h1-7H,8H2,(H,14,17)(H,15,16). The highest BCUT2D eigenvalue weighted by Crippen LogP contribution is 2.24. The van der Waals surface area contributed by atoms with Gasteiger partial charge in [0.1, 0.15) is 5.75 Å². The highest BCUT2D eigenvalue weighted by molar-refractivity contribution is 6.03. The molecule has 0 aliphatic heterocycles. The second kappa shape index (κ2) is 5.72. The molecule has 1 aromatic heterocycles. The summed E-state index contributed by atoms with van der Waals surface area (Å²) in [6.07, 6.45) is 1.39. The van der Waals surface area contributed by atoms with E-state index >= 15 is 0 Å². The molecule has 2 aromatic rings. The van der Waals surface area contributed by atoms with Gasteiger partial charge in [-0.15, -0.1) is 0 Å². The SMILES string of the molecule is O=C(O)COc1ccccc1NC(=O)c1ccco1. The van der Waals surface area contributed by atoms with E-state index in [1.807, 2.05) is 0 Å². The molecule has 0 saturated heterocycles. The fourth-order valence-corrected chi connectivity index (χ4v) is 1.43. The Morgan fingerprint density at radius 3 is 2.68 bits per heavy atom. The molecule has 0 bridgehead atoms. The number of para-hydroxylation sites is 2. The van der Waals surface area contributed by atoms with E-state index in [1.165, 1.54) is 12.3 Å². The van der Waals surface area contributed by atoms with Gasteiger partial charge in [0, 0.05) is 0 Å². The summed E-state index contributed by atoms with van der Waals surface area (Å²) in [6, 6.07) is 9.68. The van der Waals surface area contributed by atoms with Crippen LogP contribution in [-0.4, -0.2) is 23.6 Å². The van der Waals surface area contributed by atoms with E-state index in [9.17, 15) is 9.59 Å². The number of ether oxygens (including phenoxy) is 1. The molecule has 0 aliphatic rings. The van der Waals surface area contributed by atoms with Gasteiger partial charge in [-0.05, 0) is 24.3 Å². The number of aliphatic carboxylic acids is 1. The van der Waals surface area contributed by atoms with Gasteiger partial charge in [-0.25, -0.2) is 4.79 Å². The third-order valence-corrected chi connectivity index (χ3v) is 2.23. The van der Waals surface area contributed by atoms with E-state index in [4.69, 9.17) is 14.3 Å². The van der Waals surface area contributed by atoms with Crippen LogP contribution in [0.25, 0.3) is 0 Å². The number of carboxylic acids is 1. The summed E-state index contributed by atoms with van der Waals surface area (Å²) in [5.74, 6) is -1.08. The molecule has 0 spiro atoms. The van der Waals surface area contributed by atoms with E-state index in [0.29, 0.717) is 5.69 Å². The molecule has 6 nitrogen and oxygen atoms in total. The maximum atomic E-state index is 11.8. The van der Waals surface area contributed by atoms with E-state index < -0.39 is 18.5 Å². The molecule has 98 valence electrons. The van der Waals surface area contributed by atoms with Crippen molar-refractivity contribution in [3.05, 3.63) is 48.4 Å². The number of benzene rings is 1. The van der Waals surface area contributed by atoms with Gasteiger partial charge in [0.2, 0.25) is 0 Å². The molecule has 0 aliphatic carbocycles. The Kier molecular flexibility index (Phi) is 3.82. The lowest BCUT2D eigenvalue weighted by Gasteiger charge is -2.10. The largest absolute Gasteiger partial charge is 0.480 e. The number of hydrogen-bond donors (Lipinski definition) is 2. The molecule has 0 atom stereocenters. The Bertz CT molecular complexity index is 576. The van der Waals surface area contributed by atoms with E-state index in [0.717, 1.165) is 0 Å². The van der Waals surface area contributed by atoms with Crippen molar-refractivity contribution in [3.63, 3.8) is 0 Å². The first-order chi connectivity index (χ1) is 9.16. The van der Waals surface area contributed by atoms with Gasteiger partial charge in [-0.2, -0.15) is 0 Å². The van der Waals surface area contributed by atoms with Crippen molar-refractivity contribution in [2.75, 3.05) is 11.9 Å². The average molecular weight is 261 g/mol. The van der Waals surface area contributed by atoms with Gasteiger partial charge in [0.15, 0.2) is 12.4 Å². The van der Waals surface area contributed by atoms with Gasteiger partial charge in [0.05, 0.1) is 12.0 Å². The number of nitrogens with one attached hydrogen (secondary N) is 1. The predicted molar refractivity (Wildman–Crippen MR) is 66.2 cm³/mol. The second-order valence-electron chi connectivity index (χ2n) is 3.61. The minimum absolute atomic E-state index is 0.160. The van der Waals surface area contributed by atoms with Crippen LogP contribution in [0.3, 0.4) is 0 Å². The number of rotatable bonds is 5. The van der Waals surface area contributed by atoms with E-state index in [-0.39, 0.29) is 11.5 Å². The van der Waals surface area contributed by atoms with Crippen molar-refractivity contribution in [3.8, 4) is 5.75 Å². The highest BCUT2D eigenvalue weighted by atomic mass is 16.5. The first kappa shape index (κ1) is 12.7. The van der Waals surface area contributed by atoms with Gasteiger partial charge in [0.25, 0.3) is 5.91 Å². The van der Waals surface area contributed by atoms with Crippen LogP contribution in [0.2, 0.25) is 0 Å². The number of amides is 1. The summed E-state index contributed by atoms with van der Waals surface area (Å²) >= 11 is 0. The minimum Gasteiger partial charge on any atom is -0.480 e. The van der Waals surface area contributed by atoms with Crippen molar-refractivity contribution in [2.24, 2.45) is 0 Å². The van der Waals surface area contributed by atoms with Crippen molar-refractivity contribution in [1.29, 1.82) is 0 Å². The topological polar surface area (TPSA) is 88.8 Å². The zero-order valence-electron chi connectivity index (χ0n) is 9.83. The number of carbonyl (C=O) groups excluding carboxylic acids is 1. The number of carboxylic acid groups (broad SMARTS) is 1. The summed E-state index contributed by atoms with van der Waals surface area (Å²) in [5.41, 5.74) is 0.380.